The minimum Gasteiger partial charge on any atom is -0.339 e. The first-order valence-corrected chi connectivity index (χ1v) is 11.0. The van der Waals surface area contributed by atoms with Gasteiger partial charge in [-0.1, -0.05) is 44.9 Å². The number of likely N-dealkylation sites (tertiary alicyclic amines) is 1. The third-order valence-corrected chi connectivity index (χ3v) is 5.53. The summed E-state index contributed by atoms with van der Waals surface area (Å²) in [5, 5.41) is 5.91. The number of nitrogens with zero attached hydrogens (tertiary/aromatic N) is 1. The molecule has 1 heterocycles. The van der Waals surface area contributed by atoms with Crippen LogP contribution in [0.4, 0.5) is 5.69 Å². The van der Waals surface area contributed by atoms with Crippen molar-refractivity contribution >= 4 is 34.8 Å². The van der Waals surface area contributed by atoms with Crippen molar-refractivity contribution in [2.75, 3.05) is 18.4 Å². The Morgan fingerprint density at radius 1 is 0.933 bits per heavy atom. The van der Waals surface area contributed by atoms with Crippen molar-refractivity contribution < 1.29 is 9.59 Å². The minimum atomic E-state index is -0.264. The zero-order chi connectivity index (χ0) is 21.5. The molecule has 2 aromatic carbocycles. The van der Waals surface area contributed by atoms with Crippen LogP contribution in [0, 0.1) is 0 Å². The quantitative estimate of drug-likeness (QED) is 0.683. The summed E-state index contributed by atoms with van der Waals surface area (Å²) in [5.74, 6) is 0.189. The Bertz CT molecular complexity index is 901. The fourth-order valence-electron chi connectivity index (χ4n) is 3.54. The molecule has 0 aliphatic carbocycles. The second-order valence-electron chi connectivity index (χ2n) is 7.97. The van der Waals surface area contributed by atoms with E-state index >= 15 is 0 Å². The highest BCUT2D eigenvalue weighted by Crippen LogP contribution is 2.17. The van der Waals surface area contributed by atoms with Gasteiger partial charge in [-0.25, -0.2) is 0 Å². The maximum atomic E-state index is 12.8. The smallest absolute Gasteiger partial charge is 0.257 e. The van der Waals surface area contributed by atoms with Crippen LogP contribution in [0.25, 0.3) is 0 Å². The lowest BCUT2D eigenvalue weighted by Crippen LogP contribution is -2.34. The Kier molecular flexibility index (Phi) is 7.57. The molecule has 3 rings (SSSR count). The third kappa shape index (κ3) is 5.89. The molecule has 6 heteroatoms. The summed E-state index contributed by atoms with van der Waals surface area (Å²) < 4.78 is 0. The number of benzene rings is 2. The van der Waals surface area contributed by atoms with Gasteiger partial charge in [-0.2, -0.15) is 0 Å². The topological polar surface area (TPSA) is 61.4 Å². The number of hydrogen-bond acceptors (Lipinski definition) is 3. The molecule has 5 nitrogen and oxygen atoms in total. The summed E-state index contributed by atoms with van der Waals surface area (Å²) in [5.41, 5.74) is 3.03. The first-order chi connectivity index (χ1) is 14.4. The number of rotatable bonds is 4. The number of hydrogen-bond donors (Lipinski definition) is 2. The van der Waals surface area contributed by atoms with E-state index < -0.39 is 0 Å². The molecule has 2 amide bonds. The molecule has 0 aromatic heterocycles. The third-order valence-electron chi connectivity index (χ3n) is 5.33. The van der Waals surface area contributed by atoms with Crippen LogP contribution < -0.4 is 10.6 Å². The van der Waals surface area contributed by atoms with Gasteiger partial charge in [0, 0.05) is 29.9 Å². The van der Waals surface area contributed by atoms with Crippen LogP contribution in [0.3, 0.4) is 0 Å². The van der Waals surface area contributed by atoms with Crippen LogP contribution in [0.5, 0.6) is 0 Å². The fraction of sp³-hybridized carbons (Fsp3) is 0.375. The SMILES string of the molecule is CC(C)c1ccc(C(=O)NC(=S)Nc2cccc(C(=O)N3CCCCCC3)c2)cc1. The summed E-state index contributed by atoms with van der Waals surface area (Å²) in [6.07, 6.45) is 4.47. The molecule has 0 saturated carbocycles. The fourth-order valence-corrected chi connectivity index (χ4v) is 3.75. The van der Waals surface area contributed by atoms with Crippen molar-refractivity contribution in [2.45, 2.75) is 45.4 Å². The Morgan fingerprint density at radius 2 is 1.60 bits per heavy atom. The molecule has 0 unspecified atom stereocenters. The highest BCUT2D eigenvalue weighted by atomic mass is 32.1. The van der Waals surface area contributed by atoms with Gasteiger partial charge < -0.3 is 10.2 Å². The molecular weight excluding hydrogens is 394 g/mol. The van der Waals surface area contributed by atoms with Crippen LogP contribution in [-0.2, 0) is 0 Å². The van der Waals surface area contributed by atoms with E-state index in [0.29, 0.717) is 22.7 Å². The summed E-state index contributed by atoms with van der Waals surface area (Å²) >= 11 is 5.29. The molecule has 1 fully saturated rings. The molecule has 158 valence electrons. The van der Waals surface area contributed by atoms with E-state index in [2.05, 4.69) is 24.5 Å². The van der Waals surface area contributed by atoms with E-state index in [1.807, 2.05) is 35.2 Å². The second-order valence-corrected chi connectivity index (χ2v) is 8.38. The molecule has 30 heavy (non-hydrogen) atoms. The largest absolute Gasteiger partial charge is 0.339 e. The van der Waals surface area contributed by atoms with Crippen LogP contribution >= 0.6 is 12.2 Å². The van der Waals surface area contributed by atoms with Crippen molar-refractivity contribution in [3.05, 3.63) is 65.2 Å². The maximum Gasteiger partial charge on any atom is 0.257 e. The van der Waals surface area contributed by atoms with Gasteiger partial charge in [0.15, 0.2) is 5.11 Å². The molecule has 1 aliphatic rings. The predicted molar refractivity (Wildman–Crippen MR) is 125 cm³/mol. The summed E-state index contributed by atoms with van der Waals surface area (Å²) in [6.45, 7) is 5.83. The van der Waals surface area contributed by atoms with Gasteiger partial charge in [0.05, 0.1) is 0 Å². The average molecular weight is 424 g/mol. The molecule has 0 spiro atoms. The van der Waals surface area contributed by atoms with Gasteiger partial charge in [0.1, 0.15) is 0 Å². The van der Waals surface area contributed by atoms with Gasteiger partial charge in [0.2, 0.25) is 0 Å². The van der Waals surface area contributed by atoms with Crippen LogP contribution in [-0.4, -0.2) is 34.9 Å². The van der Waals surface area contributed by atoms with Crippen molar-refractivity contribution in [1.82, 2.24) is 10.2 Å². The van der Waals surface area contributed by atoms with Crippen LogP contribution in [0.1, 0.15) is 71.7 Å². The first-order valence-electron chi connectivity index (χ1n) is 10.6. The van der Waals surface area contributed by atoms with E-state index in [9.17, 15) is 9.59 Å². The molecule has 0 atom stereocenters. The monoisotopic (exact) mass is 423 g/mol. The summed E-state index contributed by atoms with van der Waals surface area (Å²) in [4.78, 5) is 27.2. The number of carbonyl (C=O) groups is 2. The van der Waals surface area contributed by atoms with E-state index in [0.717, 1.165) is 25.9 Å². The van der Waals surface area contributed by atoms with Crippen molar-refractivity contribution in [1.29, 1.82) is 0 Å². The number of amides is 2. The molecule has 1 saturated heterocycles. The van der Waals surface area contributed by atoms with Gasteiger partial charge in [0.25, 0.3) is 11.8 Å². The number of nitrogens with one attached hydrogen (secondary N) is 2. The number of carbonyl (C=O) groups excluding carboxylic acids is 2. The Hall–Kier alpha value is -2.73. The Morgan fingerprint density at radius 3 is 2.23 bits per heavy atom. The van der Waals surface area contributed by atoms with E-state index in [1.165, 1.54) is 18.4 Å². The van der Waals surface area contributed by atoms with Gasteiger partial charge in [-0.3, -0.25) is 14.9 Å². The second kappa shape index (κ2) is 10.3. The molecule has 1 aliphatic heterocycles. The van der Waals surface area contributed by atoms with Crippen molar-refractivity contribution in [3.8, 4) is 0 Å². The zero-order valence-electron chi connectivity index (χ0n) is 17.6. The van der Waals surface area contributed by atoms with Gasteiger partial charge >= 0.3 is 0 Å². The van der Waals surface area contributed by atoms with Gasteiger partial charge in [-0.15, -0.1) is 0 Å². The lowest BCUT2D eigenvalue weighted by atomic mass is 10.0. The van der Waals surface area contributed by atoms with E-state index in [1.54, 1.807) is 18.2 Å². The van der Waals surface area contributed by atoms with E-state index in [-0.39, 0.29) is 16.9 Å². The average Bonchev–Trinajstić information content (AvgIpc) is 3.03. The standard InChI is InChI=1S/C24H29N3O2S/c1-17(2)18-10-12-19(13-11-18)22(28)26-24(30)25-21-9-7-8-20(16-21)23(29)27-14-5-3-4-6-15-27/h7-13,16-17H,3-6,14-15H2,1-2H3,(H2,25,26,28,30). The van der Waals surface area contributed by atoms with Crippen LogP contribution in [0.2, 0.25) is 0 Å². The predicted octanol–water partition coefficient (Wildman–Crippen LogP) is 4.95. The highest BCUT2D eigenvalue weighted by Gasteiger charge is 2.17. The highest BCUT2D eigenvalue weighted by molar-refractivity contribution is 7.80. The van der Waals surface area contributed by atoms with Crippen molar-refractivity contribution in [2.24, 2.45) is 0 Å². The lowest BCUT2D eigenvalue weighted by molar-refractivity contribution is 0.0761. The van der Waals surface area contributed by atoms with Gasteiger partial charge in [-0.05, 0) is 66.9 Å². The lowest BCUT2D eigenvalue weighted by Gasteiger charge is -2.20. The number of anilines is 1. The molecular formula is C24H29N3O2S. The molecule has 0 bridgehead atoms. The molecule has 2 aromatic rings. The van der Waals surface area contributed by atoms with Crippen molar-refractivity contribution in [3.63, 3.8) is 0 Å². The summed E-state index contributed by atoms with van der Waals surface area (Å²) in [6, 6.07) is 14.8. The van der Waals surface area contributed by atoms with E-state index in [4.69, 9.17) is 12.2 Å². The number of thiocarbonyl (C=S) groups is 1. The maximum absolute atomic E-state index is 12.8. The molecule has 2 N–H and O–H groups in total. The zero-order valence-corrected chi connectivity index (χ0v) is 18.4. The Balaban J connectivity index is 1.60. The first kappa shape index (κ1) is 22.0. The molecule has 0 radical (unpaired) electrons. The Labute approximate surface area is 183 Å². The normalized spacial score (nSPS) is 14.2. The van der Waals surface area contributed by atoms with Crippen LogP contribution in [0.15, 0.2) is 48.5 Å². The summed E-state index contributed by atoms with van der Waals surface area (Å²) in [7, 11) is 0. The minimum absolute atomic E-state index is 0.0424.